The third kappa shape index (κ3) is 4.77. The van der Waals surface area contributed by atoms with Crippen LogP contribution in [0.3, 0.4) is 0 Å². The molecule has 8 nitrogen and oxygen atoms in total. The molecule has 3 aromatic rings. The molecule has 2 aromatic carbocycles. The van der Waals surface area contributed by atoms with Gasteiger partial charge in [0.15, 0.2) is 23.6 Å². The molecule has 1 amide bonds. The van der Waals surface area contributed by atoms with Crippen LogP contribution in [0, 0.1) is 5.92 Å². The standard InChI is InChI=1S/C32H30N2O6/c1-5-33-32(37)28-18(2)34-24-15-21(14-22-11-13-25(40-22)23-9-7-6-8-20(23)17-35)31(36)30(24)29(28)19-10-12-26(38-3)27(16-19)39-4/h6-13,15-17,29-30H,5,14H2,1-4H3,(H,33,37). The number of nitrogens with one attached hydrogen (secondary N) is 1. The Balaban J connectivity index is 1.51. The van der Waals surface area contributed by atoms with E-state index < -0.39 is 11.8 Å². The van der Waals surface area contributed by atoms with Gasteiger partial charge in [-0.05, 0) is 49.8 Å². The van der Waals surface area contributed by atoms with Crippen LogP contribution in [0.5, 0.6) is 11.5 Å². The molecule has 1 aliphatic carbocycles. The Morgan fingerprint density at radius 3 is 2.55 bits per heavy atom. The molecule has 0 saturated carbocycles. The van der Waals surface area contributed by atoms with Gasteiger partial charge in [-0.3, -0.25) is 19.4 Å². The summed E-state index contributed by atoms with van der Waals surface area (Å²) in [6.45, 7) is 4.09. The third-order valence-corrected chi connectivity index (χ3v) is 7.30. The minimum atomic E-state index is -0.667. The maximum atomic E-state index is 14.0. The monoisotopic (exact) mass is 538 g/mol. The van der Waals surface area contributed by atoms with Crippen molar-refractivity contribution in [3.63, 3.8) is 0 Å². The van der Waals surface area contributed by atoms with Crippen LogP contribution in [0.4, 0.5) is 0 Å². The van der Waals surface area contributed by atoms with Gasteiger partial charge >= 0.3 is 0 Å². The average molecular weight is 539 g/mol. The summed E-state index contributed by atoms with van der Waals surface area (Å²) in [7, 11) is 3.11. The van der Waals surface area contributed by atoms with Crippen molar-refractivity contribution in [3.8, 4) is 22.8 Å². The molecule has 1 N–H and O–H groups in total. The van der Waals surface area contributed by atoms with E-state index in [1.54, 1.807) is 51.5 Å². The maximum absolute atomic E-state index is 14.0. The molecule has 5 rings (SSSR count). The van der Waals surface area contributed by atoms with Gasteiger partial charge in [0, 0.05) is 46.9 Å². The molecule has 2 unspecified atom stereocenters. The number of nitrogens with zero attached hydrogens (tertiary/aromatic N) is 1. The molecule has 40 heavy (non-hydrogen) atoms. The van der Waals surface area contributed by atoms with Crippen LogP contribution in [0.25, 0.3) is 11.3 Å². The second kappa shape index (κ2) is 11.2. The van der Waals surface area contributed by atoms with E-state index >= 15 is 0 Å². The van der Waals surface area contributed by atoms with Gasteiger partial charge in [0.25, 0.3) is 0 Å². The quantitative estimate of drug-likeness (QED) is 0.380. The zero-order valence-electron chi connectivity index (χ0n) is 22.8. The van der Waals surface area contributed by atoms with Gasteiger partial charge in [0.1, 0.15) is 11.5 Å². The van der Waals surface area contributed by atoms with Crippen LogP contribution in [0.15, 0.2) is 86.9 Å². The fraction of sp³-hybridized carbons (Fsp3) is 0.250. The molecule has 2 aliphatic rings. The second-order valence-electron chi connectivity index (χ2n) is 9.65. The van der Waals surface area contributed by atoms with Crippen LogP contribution in [0.2, 0.25) is 0 Å². The zero-order chi connectivity index (χ0) is 28.4. The number of benzene rings is 2. The van der Waals surface area contributed by atoms with Crippen LogP contribution < -0.4 is 14.8 Å². The largest absolute Gasteiger partial charge is 0.493 e. The summed E-state index contributed by atoms with van der Waals surface area (Å²) in [4.78, 5) is 43.4. The van der Waals surface area contributed by atoms with E-state index in [-0.39, 0.29) is 18.1 Å². The molecule has 8 heteroatoms. The summed E-state index contributed by atoms with van der Waals surface area (Å²) in [6, 6.07) is 16.2. The van der Waals surface area contributed by atoms with E-state index in [4.69, 9.17) is 18.9 Å². The van der Waals surface area contributed by atoms with Gasteiger partial charge < -0.3 is 19.2 Å². The Labute approximate surface area is 232 Å². The van der Waals surface area contributed by atoms with E-state index in [0.717, 1.165) is 11.8 Å². The van der Waals surface area contributed by atoms with Gasteiger partial charge in [-0.15, -0.1) is 0 Å². The van der Waals surface area contributed by atoms with Gasteiger partial charge in [-0.1, -0.05) is 30.3 Å². The Morgan fingerprint density at radius 1 is 1.05 bits per heavy atom. The lowest BCUT2D eigenvalue weighted by Gasteiger charge is -2.30. The van der Waals surface area contributed by atoms with E-state index in [2.05, 4.69) is 5.32 Å². The molecule has 0 fully saturated rings. The lowest BCUT2D eigenvalue weighted by atomic mass is 9.74. The molecule has 1 aliphatic heterocycles. The number of fused-ring (bicyclic) bond motifs is 1. The number of likely N-dealkylation sites (N-methyl/N-ethyl adjacent to an activating group) is 1. The number of hydrogen-bond donors (Lipinski definition) is 1. The number of hydrogen-bond acceptors (Lipinski definition) is 7. The first-order chi connectivity index (χ1) is 19.4. The highest BCUT2D eigenvalue weighted by atomic mass is 16.5. The van der Waals surface area contributed by atoms with E-state index in [9.17, 15) is 14.4 Å². The summed E-state index contributed by atoms with van der Waals surface area (Å²) in [6.07, 6.45) is 2.85. The van der Waals surface area contributed by atoms with Crippen LogP contribution in [-0.4, -0.2) is 44.5 Å². The molecule has 0 bridgehead atoms. The SMILES string of the molecule is CCNC(=O)C1=C(C)N=C2C=C(Cc3ccc(-c4ccccc4C=O)o3)C(=O)C2C1c1ccc(OC)c(OC)c1. The summed E-state index contributed by atoms with van der Waals surface area (Å²) in [5.41, 5.74) is 4.15. The lowest BCUT2D eigenvalue weighted by molar-refractivity contribution is -0.118. The molecule has 0 saturated heterocycles. The van der Waals surface area contributed by atoms with Crippen molar-refractivity contribution in [3.05, 3.63) is 94.4 Å². The van der Waals surface area contributed by atoms with Crippen molar-refractivity contribution < 1.29 is 28.3 Å². The number of ketones is 1. The number of allylic oxidation sites excluding steroid dienone is 3. The highest BCUT2D eigenvalue weighted by Gasteiger charge is 2.45. The molecule has 2 heterocycles. The molecular formula is C32H30N2O6. The van der Waals surface area contributed by atoms with Crippen molar-refractivity contribution in [1.29, 1.82) is 0 Å². The van der Waals surface area contributed by atoms with Crippen LogP contribution in [-0.2, 0) is 16.0 Å². The van der Waals surface area contributed by atoms with Crippen LogP contribution >= 0.6 is 0 Å². The van der Waals surface area contributed by atoms with E-state index in [0.29, 0.717) is 63.2 Å². The summed E-state index contributed by atoms with van der Waals surface area (Å²) in [5.74, 6) is 0.606. The normalized spacial score (nSPS) is 18.1. The zero-order valence-corrected chi connectivity index (χ0v) is 22.8. The first kappa shape index (κ1) is 26.9. The lowest BCUT2D eigenvalue weighted by Crippen LogP contribution is -2.36. The Kier molecular flexibility index (Phi) is 7.51. The molecule has 1 aromatic heterocycles. The number of Topliss-reactive ketones (excluding diaryl/α,β-unsaturated/α-hetero) is 1. The van der Waals surface area contributed by atoms with Gasteiger partial charge in [-0.2, -0.15) is 0 Å². The van der Waals surface area contributed by atoms with Crippen molar-refractivity contribution in [2.45, 2.75) is 26.2 Å². The molecular weight excluding hydrogens is 508 g/mol. The van der Waals surface area contributed by atoms with Gasteiger partial charge in [-0.25, -0.2) is 0 Å². The number of furan rings is 1. The number of aliphatic imine (C=N–C) groups is 1. The first-order valence-electron chi connectivity index (χ1n) is 13.1. The summed E-state index contributed by atoms with van der Waals surface area (Å²) in [5, 5.41) is 2.88. The van der Waals surface area contributed by atoms with E-state index in [1.165, 1.54) is 0 Å². The third-order valence-electron chi connectivity index (χ3n) is 7.30. The second-order valence-corrected chi connectivity index (χ2v) is 9.65. The number of methoxy groups -OCH3 is 2. The molecule has 204 valence electrons. The van der Waals surface area contributed by atoms with Crippen molar-refractivity contribution in [1.82, 2.24) is 5.32 Å². The van der Waals surface area contributed by atoms with Crippen molar-refractivity contribution in [2.24, 2.45) is 10.9 Å². The maximum Gasteiger partial charge on any atom is 0.249 e. The van der Waals surface area contributed by atoms with Gasteiger partial charge in [0.05, 0.1) is 25.8 Å². The number of carbonyl (C=O) groups excluding carboxylic acids is 3. The van der Waals surface area contributed by atoms with Crippen molar-refractivity contribution in [2.75, 3.05) is 20.8 Å². The molecule has 0 radical (unpaired) electrons. The highest BCUT2D eigenvalue weighted by Crippen LogP contribution is 2.45. The fourth-order valence-corrected chi connectivity index (χ4v) is 5.48. The predicted molar refractivity (Wildman–Crippen MR) is 151 cm³/mol. The highest BCUT2D eigenvalue weighted by molar-refractivity contribution is 6.26. The van der Waals surface area contributed by atoms with Crippen molar-refractivity contribution >= 4 is 23.7 Å². The fourth-order valence-electron chi connectivity index (χ4n) is 5.48. The smallest absolute Gasteiger partial charge is 0.249 e. The number of amides is 1. The summed E-state index contributed by atoms with van der Waals surface area (Å²) < 4.78 is 17.0. The topological polar surface area (TPSA) is 107 Å². The Bertz CT molecular complexity index is 1590. The average Bonchev–Trinajstić information content (AvgIpc) is 3.55. The minimum absolute atomic E-state index is 0.112. The first-order valence-corrected chi connectivity index (χ1v) is 13.1. The predicted octanol–water partition coefficient (Wildman–Crippen LogP) is 5.09. The summed E-state index contributed by atoms with van der Waals surface area (Å²) >= 11 is 0. The van der Waals surface area contributed by atoms with E-state index in [1.807, 2.05) is 37.3 Å². The minimum Gasteiger partial charge on any atom is -0.493 e. The molecule has 2 atom stereocenters. The number of ether oxygens (including phenoxy) is 2. The van der Waals surface area contributed by atoms with Crippen LogP contribution in [0.1, 0.15) is 41.4 Å². The Morgan fingerprint density at radius 2 is 1.82 bits per heavy atom. The Hall–Kier alpha value is -4.72. The number of rotatable bonds is 9. The number of carbonyl (C=O) groups is 3. The van der Waals surface area contributed by atoms with Gasteiger partial charge in [0.2, 0.25) is 5.91 Å². The molecule has 0 spiro atoms. The number of aldehydes is 1.